The second-order valence-corrected chi connectivity index (χ2v) is 22.5. The molecule has 3 aliphatic rings. The van der Waals surface area contributed by atoms with Crippen LogP contribution in [0.4, 0.5) is 50.3 Å². The summed E-state index contributed by atoms with van der Waals surface area (Å²) in [6.07, 6.45) is 16.0. The Labute approximate surface area is 489 Å². The van der Waals surface area contributed by atoms with Gasteiger partial charge in [-0.15, -0.1) is 0 Å². The molecule has 0 amide bonds. The van der Waals surface area contributed by atoms with E-state index in [1.165, 1.54) is 6.33 Å². The summed E-state index contributed by atoms with van der Waals surface area (Å²) in [4.78, 5) is 74.6. The Bertz CT molecular complexity index is 3250. The maximum Gasteiger partial charge on any atom is 0.188 e. The number of aromatic nitrogens is 13. The molecule has 12 heterocycles. The molecule has 26 heteroatoms. The van der Waals surface area contributed by atoms with Gasteiger partial charge in [-0.25, -0.2) is 54.8 Å². The van der Waals surface area contributed by atoms with Crippen LogP contribution in [-0.4, -0.2) is 189 Å². The number of likely N-dealkylation sites (N-methyl/N-ethyl adjacent to an activating group) is 2. The van der Waals surface area contributed by atoms with Gasteiger partial charge in [0, 0.05) is 164 Å². The molecule has 426 valence electrons. The van der Waals surface area contributed by atoms with Crippen molar-refractivity contribution < 1.29 is 5.11 Å². The van der Waals surface area contributed by atoms with E-state index in [0.29, 0.717) is 0 Å². The van der Waals surface area contributed by atoms with Crippen LogP contribution in [0.3, 0.4) is 0 Å². The second kappa shape index (κ2) is 28.2. The summed E-state index contributed by atoms with van der Waals surface area (Å²) in [7, 11) is 0. The maximum atomic E-state index is 9.10. The van der Waals surface area contributed by atoms with Crippen molar-refractivity contribution in [1.82, 2.24) is 79.5 Å². The number of hydrogen-bond donors (Lipinski definition) is 4. The van der Waals surface area contributed by atoms with Crippen molar-refractivity contribution in [2.24, 2.45) is 0 Å². The highest BCUT2D eigenvalue weighted by Gasteiger charge is 2.22. The van der Waals surface area contributed by atoms with Crippen LogP contribution < -0.4 is 30.7 Å². The summed E-state index contributed by atoms with van der Waals surface area (Å²) in [5.41, 5.74) is 2.93. The lowest BCUT2D eigenvalue weighted by Gasteiger charge is -2.35. The molecule has 23 nitrogen and oxygen atoms in total. The Morgan fingerprint density at radius 1 is 0.451 bits per heavy atom. The van der Waals surface area contributed by atoms with Gasteiger partial charge in [-0.05, 0) is 52.1 Å². The Kier molecular flexibility index (Phi) is 19.8. The smallest absolute Gasteiger partial charge is 0.188 e. The molecule has 3 aliphatic heterocycles. The van der Waals surface area contributed by atoms with Gasteiger partial charge in [0.05, 0.1) is 26.9 Å². The van der Waals surface area contributed by atoms with Crippen molar-refractivity contribution in [2.75, 3.05) is 135 Å². The molecule has 0 aromatic carbocycles. The topological polar surface area (TPSA) is 243 Å². The molecule has 0 saturated carbocycles. The lowest BCUT2D eigenvalue weighted by Crippen LogP contribution is -2.47. The predicted octanol–water partition coefficient (Wildman–Crippen LogP) is 7.93. The fourth-order valence-corrected chi connectivity index (χ4v) is 11.8. The van der Waals surface area contributed by atoms with Crippen LogP contribution >= 0.6 is 34.0 Å². The summed E-state index contributed by atoms with van der Waals surface area (Å²) in [6.45, 7) is 25.2. The number of β-amino-alcohol motifs (C(OH)–C–C–N with tert-alkyl or cyclic N) is 1. The van der Waals surface area contributed by atoms with Crippen LogP contribution in [0.25, 0.3) is 31.5 Å². The van der Waals surface area contributed by atoms with Gasteiger partial charge in [0.2, 0.25) is 0 Å². The minimum atomic E-state index is 0.204. The van der Waals surface area contributed by atoms with Gasteiger partial charge in [0.1, 0.15) is 58.7 Å². The van der Waals surface area contributed by atoms with E-state index in [2.05, 4.69) is 124 Å². The monoisotopic (exact) mass is 1160 g/mol. The van der Waals surface area contributed by atoms with E-state index < -0.39 is 0 Å². The third kappa shape index (κ3) is 15.8. The summed E-state index contributed by atoms with van der Waals surface area (Å²) >= 11 is 4.68. The third-order valence-corrected chi connectivity index (χ3v) is 16.7. The van der Waals surface area contributed by atoms with Crippen LogP contribution in [0.2, 0.25) is 0 Å². The van der Waals surface area contributed by atoms with Crippen molar-refractivity contribution in [3.63, 3.8) is 0 Å². The average molecular weight is 1160 g/mol. The third-order valence-electron chi connectivity index (χ3n) is 13.8. The first kappa shape index (κ1) is 57.4. The van der Waals surface area contributed by atoms with Crippen molar-refractivity contribution in [3.8, 4) is 31.5 Å². The fraction of sp³-hybridized carbons (Fsp3) is 0.375. The normalized spacial score (nSPS) is 15.1. The SMILES string of the molecule is CCN1CCN(c2cc(Nc3ncc(-c4ccccn4)s3)nc(C)n2)CC1.CCN1CCN(c2cc(Nc3ncc(-c4cncnc4)s3)nc(C)n2)CC1.Cc1nc(Nc2ncc(-c3cccnc3)s2)cc(N2CCN(CCO)CC2)n1. The molecular formula is C56H68N22OS3. The van der Waals surface area contributed by atoms with E-state index in [1.807, 2.05) is 94.1 Å². The zero-order valence-corrected chi connectivity index (χ0v) is 49.2. The molecule has 0 bridgehead atoms. The summed E-state index contributed by atoms with van der Waals surface area (Å²) < 4.78 is 0. The minimum Gasteiger partial charge on any atom is -0.395 e. The Morgan fingerprint density at radius 2 is 0.890 bits per heavy atom. The van der Waals surface area contributed by atoms with Gasteiger partial charge in [-0.1, -0.05) is 60.0 Å². The Morgan fingerprint density at radius 3 is 1.32 bits per heavy atom. The number of rotatable bonds is 16. The van der Waals surface area contributed by atoms with E-state index >= 15 is 0 Å². The van der Waals surface area contributed by atoms with Gasteiger partial charge < -0.3 is 45.6 Å². The highest BCUT2D eigenvalue weighted by Crippen LogP contribution is 2.33. The molecule has 9 aromatic rings. The number of thiazole rings is 3. The number of aliphatic hydroxyl groups is 1. The number of aliphatic hydroxyl groups excluding tert-OH is 1. The van der Waals surface area contributed by atoms with E-state index in [-0.39, 0.29) is 6.61 Å². The van der Waals surface area contributed by atoms with E-state index in [4.69, 9.17) is 5.11 Å². The summed E-state index contributed by atoms with van der Waals surface area (Å²) in [5, 5.41) is 21.4. The van der Waals surface area contributed by atoms with Gasteiger partial charge in [0.15, 0.2) is 15.4 Å². The van der Waals surface area contributed by atoms with Crippen LogP contribution in [0.15, 0.2) is 104 Å². The van der Waals surface area contributed by atoms with Crippen LogP contribution in [-0.2, 0) is 0 Å². The maximum absolute atomic E-state index is 9.10. The number of aryl methyl sites for hydroxylation is 3. The summed E-state index contributed by atoms with van der Waals surface area (Å²) in [6, 6.07) is 15.8. The number of piperazine rings is 3. The molecule has 0 atom stereocenters. The zero-order chi connectivity index (χ0) is 56.6. The lowest BCUT2D eigenvalue weighted by molar-refractivity contribution is 0.188. The van der Waals surface area contributed by atoms with Gasteiger partial charge >= 0.3 is 0 Å². The average Bonchev–Trinajstić information content (AvgIpc) is 4.46. The molecule has 3 fully saturated rings. The van der Waals surface area contributed by atoms with E-state index in [9.17, 15) is 0 Å². The first-order valence-electron chi connectivity index (χ1n) is 27.5. The second-order valence-electron chi connectivity index (χ2n) is 19.4. The molecule has 0 aliphatic carbocycles. The molecule has 0 unspecified atom stereocenters. The van der Waals surface area contributed by atoms with Crippen LogP contribution in [0.1, 0.15) is 31.3 Å². The highest BCUT2D eigenvalue weighted by atomic mass is 32.1. The van der Waals surface area contributed by atoms with Crippen LogP contribution in [0, 0.1) is 20.8 Å². The predicted molar refractivity (Wildman–Crippen MR) is 328 cm³/mol. The standard InChI is InChI=1S/C19H23N7OS.C19H23N7S.C18H22N8S/c1-14-22-17(11-18(23-14)26-7-5-25(6-8-26)9-10-27)24-19-21-13-16(28-19)15-3-2-4-20-12-15;1-3-25-8-10-26(11-9-25)18-12-17(22-14(2)23-18)24-19-21-13-16(27-19)15-6-4-5-7-20-15;1-3-25-4-6-26(7-5-25)17-8-16(22-13(2)23-17)24-18-21-11-15(27-18)14-9-19-12-20-10-14/h2-4,11-13,27H,5-10H2,1H3,(H,21,22,23,24);4-7,12-13H,3,8-11H2,1-2H3,(H,21,22,23,24);8-12H,3-7H2,1-2H3,(H,21,22,23,24). The zero-order valence-electron chi connectivity index (χ0n) is 46.8. The largest absolute Gasteiger partial charge is 0.395 e. The van der Waals surface area contributed by atoms with E-state index in [0.717, 1.165) is 197 Å². The van der Waals surface area contributed by atoms with Crippen molar-refractivity contribution >= 4 is 84.3 Å². The Hall–Kier alpha value is -7.85. The van der Waals surface area contributed by atoms with Crippen molar-refractivity contribution in [2.45, 2.75) is 34.6 Å². The van der Waals surface area contributed by atoms with E-state index in [1.54, 1.807) is 58.8 Å². The first-order chi connectivity index (χ1) is 40.1. The summed E-state index contributed by atoms with van der Waals surface area (Å²) in [5.74, 6) is 7.38. The van der Waals surface area contributed by atoms with Crippen molar-refractivity contribution in [1.29, 1.82) is 0 Å². The highest BCUT2D eigenvalue weighted by molar-refractivity contribution is 7.19. The number of anilines is 9. The number of hydrogen-bond acceptors (Lipinski definition) is 26. The number of nitrogens with one attached hydrogen (secondary N) is 3. The quantitative estimate of drug-likeness (QED) is 0.0717. The lowest BCUT2D eigenvalue weighted by atomic mass is 10.3. The molecular weight excluding hydrogens is 1090 g/mol. The molecule has 9 aromatic heterocycles. The minimum absolute atomic E-state index is 0.204. The van der Waals surface area contributed by atoms with Crippen molar-refractivity contribution in [3.05, 3.63) is 122 Å². The first-order valence-corrected chi connectivity index (χ1v) is 29.9. The van der Waals surface area contributed by atoms with Gasteiger partial charge in [-0.3, -0.25) is 14.9 Å². The van der Waals surface area contributed by atoms with Gasteiger partial charge in [-0.2, -0.15) is 0 Å². The molecule has 12 rings (SSSR count). The Balaban J connectivity index is 0.000000138. The molecule has 3 saturated heterocycles. The van der Waals surface area contributed by atoms with Gasteiger partial charge in [0.25, 0.3) is 0 Å². The molecule has 0 radical (unpaired) electrons. The number of nitrogens with zero attached hydrogens (tertiary/aromatic N) is 19. The van der Waals surface area contributed by atoms with Crippen LogP contribution in [0.5, 0.6) is 0 Å². The molecule has 4 N–H and O–H groups in total. The molecule has 82 heavy (non-hydrogen) atoms. The fourth-order valence-electron chi connectivity index (χ4n) is 9.42. The number of pyridine rings is 2. The molecule has 0 spiro atoms.